The summed E-state index contributed by atoms with van der Waals surface area (Å²) in [5.74, 6) is 0. The van der Waals surface area contributed by atoms with Crippen molar-refractivity contribution in [2.24, 2.45) is 0 Å². The Hall–Kier alpha value is -0.320. The van der Waals surface area contributed by atoms with E-state index >= 15 is 0 Å². The molecule has 0 aromatic carbocycles. The maximum atomic E-state index is 10.4. The van der Waals surface area contributed by atoms with Crippen molar-refractivity contribution in [1.82, 2.24) is 31.4 Å². The summed E-state index contributed by atoms with van der Waals surface area (Å²) in [4.78, 5) is 0. The first-order valence-corrected chi connectivity index (χ1v) is 12.5. The van der Waals surface area contributed by atoms with Gasteiger partial charge < -0.3 is 31.7 Å². The molecule has 0 radical (unpaired) electrons. The van der Waals surface area contributed by atoms with Crippen LogP contribution in [0.3, 0.4) is 0 Å². The molecule has 2 rings (SSSR count). The molecule has 0 saturated carbocycles. The van der Waals surface area contributed by atoms with Gasteiger partial charge in [-0.3, -0.25) is 0 Å². The van der Waals surface area contributed by atoms with Crippen LogP contribution < -0.4 is 21.3 Å². The molecule has 2 heterocycles. The molecule has 190 valence electrons. The first-order chi connectivity index (χ1) is 14.7. The molecular weight excluding hydrogens is 404 g/mol. The molecule has 0 aromatic rings. The van der Waals surface area contributed by atoms with Gasteiger partial charge in [0.2, 0.25) is 0 Å². The number of hydroxylamine groups is 4. The van der Waals surface area contributed by atoms with Gasteiger partial charge in [0.15, 0.2) is 0 Å². The molecule has 8 nitrogen and oxygen atoms in total. The summed E-state index contributed by atoms with van der Waals surface area (Å²) in [6.45, 7) is 22.6. The third kappa shape index (κ3) is 7.60. The van der Waals surface area contributed by atoms with Crippen molar-refractivity contribution in [1.29, 1.82) is 0 Å². The van der Waals surface area contributed by atoms with E-state index in [9.17, 15) is 10.4 Å². The molecule has 2 saturated heterocycles. The average Bonchev–Trinajstić information content (AvgIpc) is 2.64. The lowest BCUT2D eigenvalue weighted by molar-refractivity contribution is -0.246. The Kier molecular flexibility index (Phi) is 9.55. The van der Waals surface area contributed by atoms with Gasteiger partial charge in [-0.15, -0.1) is 0 Å². The SMILES string of the molecule is CC1(C)CC(NCCNCCNCCNC2CC(C)(C)N(O)C(C)(C)C2)CC(C)(C)N1O. The summed E-state index contributed by atoms with van der Waals surface area (Å²) in [6.07, 6.45) is 3.81. The number of hydrogen-bond donors (Lipinski definition) is 6. The minimum absolute atomic E-state index is 0.203. The van der Waals surface area contributed by atoms with Crippen LogP contribution in [0.2, 0.25) is 0 Å². The largest absolute Gasteiger partial charge is 0.314 e. The number of nitrogens with zero attached hydrogens (tertiary/aromatic N) is 2. The lowest BCUT2D eigenvalue weighted by atomic mass is 9.79. The van der Waals surface area contributed by atoms with Crippen LogP contribution in [0.15, 0.2) is 0 Å². The van der Waals surface area contributed by atoms with Gasteiger partial charge in [0.25, 0.3) is 0 Å². The van der Waals surface area contributed by atoms with Crippen LogP contribution >= 0.6 is 0 Å². The van der Waals surface area contributed by atoms with Crippen molar-refractivity contribution in [3.63, 3.8) is 0 Å². The van der Waals surface area contributed by atoms with E-state index in [0.29, 0.717) is 12.1 Å². The monoisotopic (exact) mass is 456 g/mol. The zero-order valence-corrected chi connectivity index (χ0v) is 22.0. The van der Waals surface area contributed by atoms with E-state index in [1.807, 2.05) is 0 Å². The molecular formula is C24H52N6O2. The van der Waals surface area contributed by atoms with E-state index in [1.54, 1.807) is 0 Å². The molecule has 0 spiro atoms. The molecule has 2 aliphatic heterocycles. The van der Waals surface area contributed by atoms with Crippen molar-refractivity contribution in [2.45, 2.75) is 115 Å². The molecule has 32 heavy (non-hydrogen) atoms. The van der Waals surface area contributed by atoms with E-state index in [-0.39, 0.29) is 22.2 Å². The number of nitrogens with one attached hydrogen (secondary N) is 4. The predicted molar refractivity (Wildman–Crippen MR) is 131 cm³/mol. The normalized spacial score (nSPS) is 26.4. The fourth-order valence-corrected chi connectivity index (χ4v) is 5.99. The summed E-state index contributed by atoms with van der Waals surface area (Å²) in [6, 6.07) is 0.865. The third-order valence-corrected chi connectivity index (χ3v) is 7.23. The molecule has 8 heteroatoms. The number of rotatable bonds is 11. The quantitative estimate of drug-likeness (QED) is 0.264. The van der Waals surface area contributed by atoms with Crippen molar-refractivity contribution in [3.05, 3.63) is 0 Å². The van der Waals surface area contributed by atoms with Gasteiger partial charge in [0.1, 0.15) is 0 Å². The molecule has 0 aromatic heterocycles. The van der Waals surface area contributed by atoms with E-state index in [0.717, 1.165) is 65.0 Å². The summed E-state index contributed by atoms with van der Waals surface area (Å²) in [5.41, 5.74) is -0.812. The Labute approximate surface area is 196 Å². The van der Waals surface area contributed by atoms with Crippen molar-refractivity contribution in [2.75, 3.05) is 39.3 Å². The average molecular weight is 457 g/mol. The maximum Gasteiger partial charge on any atom is 0.0425 e. The summed E-state index contributed by atoms with van der Waals surface area (Å²) >= 11 is 0. The molecule has 0 amide bonds. The molecule has 6 N–H and O–H groups in total. The van der Waals surface area contributed by atoms with Crippen molar-refractivity contribution >= 4 is 0 Å². The van der Waals surface area contributed by atoms with Crippen LogP contribution in [0.5, 0.6) is 0 Å². The van der Waals surface area contributed by atoms with Crippen molar-refractivity contribution in [3.8, 4) is 0 Å². The highest BCUT2D eigenvalue weighted by Crippen LogP contribution is 2.37. The van der Waals surface area contributed by atoms with Crippen molar-refractivity contribution < 1.29 is 10.4 Å². The van der Waals surface area contributed by atoms with Crippen LogP contribution in [0.1, 0.15) is 81.1 Å². The van der Waals surface area contributed by atoms with E-state index in [2.05, 4.69) is 76.7 Å². The Morgan fingerprint density at radius 2 is 0.781 bits per heavy atom. The lowest BCUT2D eigenvalue weighted by Crippen LogP contribution is -2.62. The van der Waals surface area contributed by atoms with Gasteiger partial charge >= 0.3 is 0 Å². The highest BCUT2D eigenvalue weighted by molar-refractivity contribution is 4.99. The first-order valence-electron chi connectivity index (χ1n) is 12.5. The molecule has 0 unspecified atom stereocenters. The van der Waals surface area contributed by atoms with Crippen LogP contribution in [0, 0.1) is 0 Å². The van der Waals surface area contributed by atoms with Crippen LogP contribution in [0.4, 0.5) is 0 Å². The minimum atomic E-state index is -0.203. The first kappa shape index (κ1) is 27.9. The van der Waals surface area contributed by atoms with Crippen LogP contribution in [-0.2, 0) is 0 Å². The van der Waals surface area contributed by atoms with Gasteiger partial charge in [-0.2, -0.15) is 10.1 Å². The topological polar surface area (TPSA) is 95.1 Å². The Balaban J connectivity index is 1.50. The summed E-state index contributed by atoms with van der Waals surface area (Å²) in [7, 11) is 0. The van der Waals surface area contributed by atoms with Crippen LogP contribution in [0.25, 0.3) is 0 Å². The fraction of sp³-hybridized carbons (Fsp3) is 1.00. The smallest absolute Gasteiger partial charge is 0.0425 e. The van der Waals surface area contributed by atoms with Gasteiger partial charge in [-0.25, -0.2) is 0 Å². The lowest BCUT2D eigenvalue weighted by Gasteiger charge is -2.51. The number of hydrogen-bond acceptors (Lipinski definition) is 8. The second-order valence-corrected chi connectivity index (χ2v) is 12.5. The molecule has 2 fully saturated rings. The zero-order valence-electron chi connectivity index (χ0n) is 22.0. The molecule has 2 aliphatic rings. The van der Waals surface area contributed by atoms with E-state index in [4.69, 9.17) is 0 Å². The highest BCUT2D eigenvalue weighted by atomic mass is 16.5. The Morgan fingerprint density at radius 1 is 0.531 bits per heavy atom. The van der Waals surface area contributed by atoms with Gasteiger partial charge in [0.05, 0.1) is 0 Å². The molecule has 0 atom stereocenters. The highest BCUT2D eigenvalue weighted by Gasteiger charge is 2.45. The third-order valence-electron chi connectivity index (χ3n) is 7.23. The zero-order chi connectivity index (χ0) is 24.2. The van der Waals surface area contributed by atoms with Gasteiger partial charge in [-0.1, -0.05) is 0 Å². The van der Waals surface area contributed by atoms with Crippen LogP contribution in [-0.4, -0.2) is 94.0 Å². The Morgan fingerprint density at radius 3 is 1.06 bits per heavy atom. The number of piperidine rings is 2. The second kappa shape index (κ2) is 11.0. The van der Waals surface area contributed by atoms with Gasteiger partial charge in [-0.05, 0) is 81.1 Å². The summed E-state index contributed by atoms with van der Waals surface area (Å²) in [5, 5.41) is 38.2. The second-order valence-electron chi connectivity index (χ2n) is 12.5. The summed E-state index contributed by atoms with van der Waals surface area (Å²) < 4.78 is 0. The standard InChI is InChI=1S/C24H52N6O2/c1-21(2)15-19(16-22(3,4)29(21)31)27-13-11-25-9-10-26-12-14-28-20-17-23(5,6)30(32)24(7,8)18-20/h19-20,25-28,31-32H,9-18H2,1-8H3. The maximum absolute atomic E-state index is 10.4. The van der Waals surface area contributed by atoms with E-state index in [1.165, 1.54) is 10.1 Å². The predicted octanol–water partition coefficient (Wildman–Crippen LogP) is 2.17. The fourth-order valence-electron chi connectivity index (χ4n) is 5.99. The van der Waals surface area contributed by atoms with E-state index < -0.39 is 0 Å². The Bertz CT molecular complexity index is 495. The molecule has 0 aliphatic carbocycles. The van der Waals surface area contributed by atoms with Gasteiger partial charge in [0, 0.05) is 73.5 Å². The minimum Gasteiger partial charge on any atom is -0.314 e. The molecule has 0 bridgehead atoms.